The van der Waals surface area contributed by atoms with E-state index < -0.39 is 5.60 Å². The van der Waals surface area contributed by atoms with E-state index in [2.05, 4.69) is 11.8 Å². The highest BCUT2D eigenvalue weighted by molar-refractivity contribution is 5.42. The van der Waals surface area contributed by atoms with Crippen LogP contribution >= 0.6 is 0 Å². The number of benzene rings is 1. The summed E-state index contributed by atoms with van der Waals surface area (Å²) in [6.45, 7) is 10.6. The van der Waals surface area contributed by atoms with Gasteiger partial charge in [-0.15, -0.1) is 0 Å². The Balaban J connectivity index is 2.82. The number of ether oxygens (including phenoxy) is 2. The van der Waals surface area contributed by atoms with Gasteiger partial charge in [-0.1, -0.05) is 13.0 Å². The maximum absolute atomic E-state index is 9.93. The van der Waals surface area contributed by atoms with Crippen LogP contribution in [0.1, 0.15) is 33.3 Å². The van der Waals surface area contributed by atoms with Gasteiger partial charge < -0.3 is 14.6 Å². The number of likely N-dealkylation sites (N-methyl/N-ethyl adjacent to an activating group) is 1. The van der Waals surface area contributed by atoms with Gasteiger partial charge in [-0.25, -0.2) is 0 Å². The molecule has 114 valence electrons. The van der Waals surface area contributed by atoms with E-state index in [0.717, 1.165) is 30.2 Å². The van der Waals surface area contributed by atoms with E-state index in [0.29, 0.717) is 13.2 Å². The number of nitrogens with zero attached hydrogens (tertiary/aromatic N) is 1. The molecule has 0 bridgehead atoms. The van der Waals surface area contributed by atoms with Crippen LogP contribution in [0.3, 0.4) is 0 Å². The Kier molecular flexibility index (Phi) is 6.30. The van der Waals surface area contributed by atoms with E-state index in [4.69, 9.17) is 9.47 Å². The summed E-state index contributed by atoms with van der Waals surface area (Å²) in [6.07, 6.45) is 0. The van der Waals surface area contributed by atoms with Crippen molar-refractivity contribution in [3.8, 4) is 11.5 Å². The van der Waals surface area contributed by atoms with E-state index >= 15 is 0 Å². The van der Waals surface area contributed by atoms with Crippen molar-refractivity contribution in [1.82, 2.24) is 4.90 Å². The van der Waals surface area contributed by atoms with Crippen molar-refractivity contribution in [3.63, 3.8) is 0 Å². The Hall–Kier alpha value is -1.26. The molecule has 0 radical (unpaired) electrons. The summed E-state index contributed by atoms with van der Waals surface area (Å²) in [5, 5.41) is 9.93. The van der Waals surface area contributed by atoms with Crippen molar-refractivity contribution in [3.05, 3.63) is 23.8 Å². The average Bonchev–Trinajstić information content (AvgIpc) is 2.37. The van der Waals surface area contributed by atoms with Gasteiger partial charge in [-0.3, -0.25) is 4.90 Å². The highest BCUT2D eigenvalue weighted by atomic mass is 16.5. The maximum atomic E-state index is 9.93. The van der Waals surface area contributed by atoms with Crippen molar-refractivity contribution >= 4 is 0 Å². The normalized spacial score (nSPS) is 11.8. The zero-order valence-corrected chi connectivity index (χ0v) is 13.3. The third kappa shape index (κ3) is 5.39. The minimum absolute atomic E-state index is 0.612. The second-order valence-corrected chi connectivity index (χ2v) is 5.53. The molecule has 0 aliphatic heterocycles. The van der Waals surface area contributed by atoms with Crippen LogP contribution in [-0.4, -0.2) is 42.4 Å². The maximum Gasteiger partial charge on any atom is 0.161 e. The zero-order chi connectivity index (χ0) is 15.2. The van der Waals surface area contributed by atoms with Gasteiger partial charge in [0.2, 0.25) is 0 Å². The molecule has 4 heteroatoms. The molecule has 0 heterocycles. The minimum Gasteiger partial charge on any atom is -0.493 e. The Labute approximate surface area is 122 Å². The van der Waals surface area contributed by atoms with Gasteiger partial charge in [-0.05, 0) is 45.0 Å². The van der Waals surface area contributed by atoms with E-state index in [1.165, 1.54) is 0 Å². The van der Waals surface area contributed by atoms with Crippen LogP contribution < -0.4 is 9.47 Å². The highest BCUT2D eigenvalue weighted by Gasteiger charge is 2.17. The van der Waals surface area contributed by atoms with Gasteiger partial charge in [0.25, 0.3) is 0 Å². The number of hydrogen-bond donors (Lipinski definition) is 1. The number of methoxy groups -OCH3 is 1. The lowest BCUT2D eigenvalue weighted by Crippen LogP contribution is -2.38. The van der Waals surface area contributed by atoms with Gasteiger partial charge in [0.15, 0.2) is 11.5 Å². The van der Waals surface area contributed by atoms with E-state index in [9.17, 15) is 5.11 Å². The first-order chi connectivity index (χ1) is 9.39. The molecule has 0 atom stereocenters. The van der Waals surface area contributed by atoms with Crippen molar-refractivity contribution in [2.75, 3.05) is 26.8 Å². The van der Waals surface area contributed by atoms with Gasteiger partial charge in [0.1, 0.15) is 0 Å². The predicted octanol–water partition coefficient (Wildman–Crippen LogP) is 2.69. The molecule has 0 saturated heterocycles. The van der Waals surface area contributed by atoms with Crippen LogP contribution in [0, 0.1) is 0 Å². The molecule has 1 rings (SSSR count). The lowest BCUT2D eigenvalue weighted by molar-refractivity contribution is 0.0353. The molecule has 1 aromatic rings. The van der Waals surface area contributed by atoms with Crippen LogP contribution in [0.15, 0.2) is 18.2 Å². The molecule has 0 aliphatic rings. The van der Waals surface area contributed by atoms with Crippen molar-refractivity contribution in [2.45, 2.75) is 39.8 Å². The Morgan fingerprint density at radius 1 is 1.20 bits per heavy atom. The summed E-state index contributed by atoms with van der Waals surface area (Å²) in [6, 6.07) is 5.97. The largest absolute Gasteiger partial charge is 0.493 e. The summed E-state index contributed by atoms with van der Waals surface area (Å²) in [5.74, 6) is 1.52. The summed E-state index contributed by atoms with van der Waals surface area (Å²) in [4.78, 5) is 2.21. The summed E-state index contributed by atoms with van der Waals surface area (Å²) >= 11 is 0. The molecule has 20 heavy (non-hydrogen) atoms. The van der Waals surface area contributed by atoms with Crippen LogP contribution in [0.4, 0.5) is 0 Å². The second kappa shape index (κ2) is 7.50. The molecule has 0 saturated carbocycles. The predicted molar refractivity (Wildman–Crippen MR) is 81.4 cm³/mol. The van der Waals surface area contributed by atoms with Gasteiger partial charge >= 0.3 is 0 Å². The lowest BCUT2D eigenvalue weighted by Gasteiger charge is -2.28. The molecule has 0 unspecified atom stereocenters. The van der Waals surface area contributed by atoms with Crippen LogP contribution in [-0.2, 0) is 6.54 Å². The second-order valence-electron chi connectivity index (χ2n) is 5.53. The summed E-state index contributed by atoms with van der Waals surface area (Å²) in [5.41, 5.74) is 0.464. The summed E-state index contributed by atoms with van der Waals surface area (Å²) < 4.78 is 10.9. The average molecular weight is 281 g/mol. The first-order valence-electron chi connectivity index (χ1n) is 7.14. The quantitative estimate of drug-likeness (QED) is 0.795. The van der Waals surface area contributed by atoms with Crippen LogP contribution in [0.25, 0.3) is 0 Å². The smallest absolute Gasteiger partial charge is 0.161 e. The first-order valence-corrected chi connectivity index (χ1v) is 7.14. The number of aliphatic hydroxyl groups is 1. The Morgan fingerprint density at radius 3 is 2.40 bits per heavy atom. The molecule has 1 aromatic carbocycles. The lowest BCUT2D eigenvalue weighted by atomic mass is 10.1. The zero-order valence-electron chi connectivity index (χ0n) is 13.3. The van der Waals surface area contributed by atoms with E-state index in [1.54, 1.807) is 7.11 Å². The molecule has 0 amide bonds. The van der Waals surface area contributed by atoms with Crippen molar-refractivity contribution < 1.29 is 14.6 Å². The third-order valence-electron chi connectivity index (χ3n) is 2.99. The molecule has 1 N–H and O–H groups in total. The summed E-state index contributed by atoms with van der Waals surface area (Å²) in [7, 11) is 1.64. The highest BCUT2D eigenvalue weighted by Crippen LogP contribution is 2.28. The molecule has 0 aromatic heterocycles. The fraction of sp³-hybridized carbons (Fsp3) is 0.625. The Morgan fingerprint density at radius 2 is 1.90 bits per heavy atom. The SMILES string of the molecule is CCOc1cc(CN(CC)CC(C)(C)O)ccc1OC. The molecule has 0 fully saturated rings. The van der Waals surface area contributed by atoms with Crippen molar-refractivity contribution in [2.24, 2.45) is 0 Å². The minimum atomic E-state index is -0.689. The molecule has 0 aliphatic carbocycles. The molecular weight excluding hydrogens is 254 g/mol. The molecular formula is C16H27NO3. The fourth-order valence-corrected chi connectivity index (χ4v) is 2.17. The third-order valence-corrected chi connectivity index (χ3v) is 2.99. The van der Waals surface area contributed by atoms with Crippen molar-refractivity contribution in [1.29, 1.82) is 0 Å². The van der Waals surface area contributed by atoms with Gasteiger partial charge in [-0.2, -0.15) is 0 Å². The molecule has 0 spiro atoms. The monoisotopic (exact) mass is 281 g/mol. The number of rotatable bonds is 8. The van der Waals surface area contributed by atoms with E-state index in [1.807, 2.05) is 39.0 Å². The van der Waals surface area contributed by atoms with E-state index in [-0.39, 0.29) is 0 Å². The Bertz CT molecular complexity index is 413. The standard InChI is InChI=1S/C16H27NO3/c1-6-17(12-16(3,4)18)11-13-8-9-14(19-5)15(10-13)20-7-2/h8-10,18H,6-7,11-12H2,1-5H3. The van der Waals surface area contributed by atoms with Gasteiger partial charge in [0, 0.05) is 13.1 Å². The molecule has 4 nitrogen and oxygen atoms in total. The fourth-order valence-electron chi connectivity index (χ4n) is 2.17. The first kappa shape index (κ1) is 16.8. The van der Waals surface area contributed by atoms with Crippen LogP contribution in [0.2, 0.25) is 0 Å². The van der Waals surface area contributed by atoms with Crippen LogP contribution in [0.5, 0.6) is 11.5 Å². The van der Waals surface area contributed by atoms with Gasteiger partial charge in [0.05, 0.1) is 19.3 Å². The number of hydrogen-bond acceptors (Lipinski definition) is 4. The topological polar surface area (TPSA) is 41.9 Å².